The van der Waals surface area contributed by atoms with E-state index in [2.05, 4.69) is 41.0 Å². The van der Waals surface area contributed by atoms with Crippen molar-refractivity contribution < 1.29 is 0 Å². The van der Waals surface area contributed by atoms with Crippen LogP contribution in [0.25, 0.3) is 10.9 Å². The van der Waals surface area contributed by atoms with Gasteiger partial charge in [0.15, 0.2) is 0 Å². The van der Waals surface area contributed by atoms with Crippen LogP contribution in [0, 0.1) is 0 Å². The second-order valence-corrected chi connectivity index (χ2v) is 5.51. The van der Waals surface area contributed by atoms with Gasteiger partial charge < -0.3 is 5.73 Å². The Morgan fingerprint density at radius 1 is 1.00 bits per heavy atom. The molecular formula is C17H27N3. The van der Waals surface area contributed by atoms with E-state index in [1.54, 1.807) is 0 Å². The second kappa shape index (κ2) is 8.05. The summed E-state index contributed by atoms with van der Waals surface area (Å²) in [4.78, 5) is 0. The maximum absolute atomic E-state index is 5.78. The Morgan fingerprint density at radius 2 is 1.70 bits per heavy atom. The number of aryl methyl sites for hydroxylation is 1. The number of rotatable bonds is 9. The maximum Gasteiger partial charge on any atom is 0.0838 e. The highest BCUT2D eigenvalue weighted by Gasteiger charge is 2.07. The van der Waals surface area contributed by atoms with Gasteiger partial charge in [0.05, 0.1) is 11.2 Å². The minimum atomic E-state index is 0.518. The number of fused-ring (bicyclic) bond motifs is 1. The summed E-state index contributed by atoms with van der Waals surface area (Å²) in [5.74, 6) is 0. The number of nitrogens with two attached hydrogens (primary N) is 1. The van der Waals surface area contributed by atoms with Crippen molar-refractivity contribution in [3.8, 4) is 0 Å². The van der Waals surface area contributed by atoms with Crippen molar-refractivity contribution in [1.82, 2.24) is 9.78 Å². The van der Waals surface area contributed by atoms with Crippen LogP contribution in [0.15, 0.2) is 24.3 Å². The predicted molar refractivity (Wildman–Crippen MR) is 85.6 cm³/mol. The molecule has 110 valence electrons. The Kier molecular flexibility index (Phi) is 6.06. The summed E-state index contributed by atoms with van der Waals surface area (Å²) in [7, 11) is 0. The van der Waals surface area contributed by atoms with Crippen molar-refractivity contribution >= 4 is 10.9 Å². The number of hydrogen-bond donors (Lipinski definition) is 1. The van der Waals surface area contributed by atoms with Crippen LogP contribution in [0.1, 0.15) is 57.6 Å². The van der Waals surface area contributed by atoms with Crippen LogP contribution in [0.5, 0.6) is 0 Å². The summed E-state index contributed by atoms with van der Waals surface area (Å²) in [6.07, 6.45) is 9.33. The Balaban J connectivity index is 1.84. The molecule has 2 aromatic rings. The Morgan fingerprint density at radius 3 is 2.45 bits per heavy atom. The van der Waals surface area contributed by atoms with Gasteiger partial charge in [0, 0.05) is 18.5 Å². The largest absolute Gasteiger partial charge is 0.325 e. The topological polar surface area (TPSA) is 43.8 Å². The highest BCUT2D eigenvalue weighted by atomic mass is 15.3. The molecule has 0 unspecified atom stereocenters. The highest BCUT2D eigenvalue weighted by Crippen LogP contribution is 2.18. The third-order valence-electron chi connectivity index (χ3n) is 3.90. The molecule has 0 bridgehead atoms. The molecule has 3 heteroatoms. The average Bonchev–Trinajstić information content (AvgIpc) is 2.85. The molecule has 1 aromatic heterocycles. The van der Waals surface area contributed by atoms with Gasteiger partial charge in [-0.25, -0.2) is 0 Å². The van der Waals surface area contributed by atoms with Crippen molar-refractivity contribution in [2.75, 3.05) is 0 Å². The van der Waals surface area contributed by atoms with Crippen molar-refractivity contribution in [3.63, 3.8) is 0 Å². The van der Waals surface area contributed by atoms with Gasteiger partial charge in [-0.15, -0.1) is 0 Å². The third kappa shape index (κ3) is 3.83. The lowest BCUT2D eigenvalue weighted by molar-refractivity contribution is 0.529. The fourth-order valence-corrected chi connectivity index (χ4v) is 2.74. The van der Waals surface area contributed by atoms with Crippen molar-refractivity contribution in [2.24, 2.45) is 5.73 Å². The van der Waals surface area contributed by atoms with Crippen LogP contribution in [-0.2, 0) is 13.1 Å². The summed E-state index contributed by atoms with van der Waals surface area (Å²) in [5.41, 5.74) is 8.01. The molecule has 2 rings (SSSR count). The number of unbranched alkanes of at least 4 members (excludes halogenated alkanes) is 6. The van der Waals surface area contributed by atoms with Gasteiger partial charge in [-0.1, -0.05) is 63.6 Å². The van der Waals surface area contributed by atoms with Crippen LogP contribution >= 0.6 is 0 Å². The molecule has 0 fully saturated rings. The first-order chi connectivity index (χ1) is 9.86. The monoisotopic (exact) mass is 273 g/mol. The molecule has 1 heterocycles. The molecule has 0 atom stereocenters. The van der Waals surface area contributed by atoms with Gasteiger partial charge >= 0.3 is 0 Å². The number of nitrogens with zero attached hydrogens (tertiary/aromatic N) is 2. The molecule has 1 aromatic carbocycles. The molecule has 0 aliphatic heterocycles. The van der Waals surface area contributed by atoms with E-state index in [9.17, 15) is 0 Å². The summed E-state index contributed by atoms with van der Waals surface area (Å²) in [5, 5.41) is 5.85. The van der Waals surface area contributed by atoms with Crippen LogP contribution in [0.2, 0.25) is 0 Å². The van der Waals surface area contributed by atoms with Crippen LogP contribution in [0.4, 0.5) is 0 Å². The Bertz CT molecular complexity index is 516. The van der Waals surface area contributed by atoms with E-state index in [0.29, 0.717) is 6.54 Å². The van der Waals surface area contributed by atoms with Gasteiger partial charge in [0.25, 0.3) is 0 Å². The van der Waals surface area contributed by atoms with Crippen molar-refractivity contribution in [2.45, 2.75) is 65.0 Å². The SMILES string of the molecule is CCCCCCCCCn1nc(CN)c2ccccc21. The van der Waals surface area contributed by atoms with E-state index in [1.165, 1.54) is 55.8 Å². The molecule has 0 saturated carbocycles. The molecule has 0 aliphatic rings. The molecule has 2 N–H and O–H groups in total. The normalized spacial score (nSPS) is 11.3. The lowest BCUT2D eigenvalue weighted by atomic mass is 10.1. The lowest BCUT2D eigenvalue weighted by Crippen LogP contribution is -2.03. The molecular weight excluding hydrogens is 246 g/mol. The zero-order chi connectivity index (χ0) is 14.2. The maximum atomic E-state index is 5.78. The Hall–Kier alpha value is -1.35. The molecule has 20 heavy (non-hydrogen) atoms. The zero-order valence-corrected chi connectivity index (χ0v) is 12.6. The van der Waals surface area contributed by atoms with Gasteiger partial charge in [0.2, 0.25) is 0 Å². The van der Waals surface area contributed by atoms with E-state index in [4.69, 9.17) is 5.73 Å². The molecule has 0 amide bonds. The number of aromatic nitrogens is 2. The van der Waals surface area contributed by atoms with E-state index >= 15 is 0 Å². The Labute approximate surface area is 122 Å². The first-order valence-corrected chi connectivity index (χ1v) is 8.01. The minimum absolute atomic E-state index is 0.518. The summed E-state index contributed by atoms with van der Waals surface area (Å²) >= 11 is 0. The number of para-hydroxylation sites is 1. The van der Waals surface area contributed by atoms with Crippen molar-refractivity contribution in [1.29, 1.82) is 0 Å². The lowest BCUT2D eigenvalue weighted by Gasteiger charge is -2.04. The predicted octanol–water partition coefficient (Wildman–Crippen LogP) is 4.25. The fourth-order valence-electron chi connectivity index (χ4n) is 2.74. The first kappa shape index (κ1) is 15.0. The van der Waals surface area contributed by atoms with E-state index in [0.717, 1.165) is 12.2 Å². The average molecular weight is 273 g/mol. The van der Waals surface area contributed by atoms with Gasteiger partial charge in [-0.2, -0.15) is 5.10 Å². The van der Waals surface area contributed by atoms with E-state index < -0.39 is 0 Å². The number of hydrogen-bond acceptors (Lipinski definition) is 2. The molecule has 0 aliphatic carbocycles. The quantitative estimate of drug-likeness (QED) is 0.694. The number of benzene rings is 1. The fraction of sp³-hybridized carbons (Fsp3) is 0.588. The third-order valence-corrected chi connectivity index (χ3v) is 3.90. The van der Waals surface area contributed by atoms with Gasteiger partial charge in [-0.05, 0) is 12.5 Å². The van der Waals surface area contributed by atoms with Crippen LogP contribution in [0.3, 0.4) is 0 Å². The smallest absolute Gasteiger partial charge is 0.0838 e. The standard InChI is InChI=1S/C17H27N3/c1-2-3-4-5-6-7-10-13-20-17-12-9-8-11-15(17)16(14-18)19-20/h8-9,11-12H,2-7,10,13-14,18H2,1H3. The summed E-state index contributed by atoms with van der Waals surface area (Å²) in [6.45, 7) is 3.79. The highest BCUT2D eigenvalue weighted by molar-refractivity contribution is 5.81. The van der Waals surface area contributed by atoms with Crippen LogP contribution in [-0.4, -0.2) is 9.78 Å². The van der Waals surface area contributed by atoms with Gasteiger partial charge in [-0.3, -0.25) is 4.68 Å². The molecule has 0 radical (unpaired) electrons. The summed E-state index contributed by atoms with van der Waals surface area (Å²) < 4.78 is 2.13. The molecule has 0 spiro atoms. The minimum Gasteiger partial charge on any atom is -0.325 e. The zero-order valence-electron chi connectivity index (χ0n) is 12.6. The van der Waals surface area contributed by atoms with Crippen LogP contribution < -0.4 is 5.73 Å². The van der Waals surface area contributed by atoms with Gasteiger partial charge in [0.1, 0.15) is 0 Å². The van der Waals surface area contributed by atoms with E-state index in [1.807, 2.05) is 0 Å². The van der Waals surface area contributed by atoms with Crippen molar-refractivity contribution in [3.05, 3.63) is 30.0 Å². The molecule has 3 nitrogen and oxygen atoms in total. The summed E-state index contributed by atoms with van der Waals surface area (Å²) in [6, 6.07) is 8.39. The van der Waals surface area contributed by atoms with E-state index in [-0.39, 0.29) is 0 Å². The molecule has 0 saturated heterocycles. The second-order valence-electron chi connectivity index (χ2n) is 5.51. The first-order valence-electron chi connectivity index (χ1n) is 8.01.